The van der Waals surface area contributed by atoms with Gasteiger partial charge in [-0.25, -0.2) is 0 Å². The Morgan fingerprint density at radius 3 is 2.09 bits per heavy atom. The molecule has 11 heavy (non-hydrogen) atoms. The maximum absolute atomic E-state index is 3.20. The molecule has 0 rings (SSSR count). The highest BCUT2D eigenvalue weighted by Gasteiger charge is 1.77. The highest BCUT2D eigenvalue weighted by Crippen LogP contribution is 1.81. The molecule has 0 unspecified atom stereocenters. The van der Waals surface area contributed by atoms with Crippen LogP contribution in [0.5, 0.6) is 0 Å². The van der Waals surface area contributed by atoms with Crippen LogP contribution in [0.25, 0.3) is 0 Å². The average molecular weight is 156 g/mol. The molecule has 0 aromatic carbocycles. The molecule has 0 radical (unpaired) electrons. The first-order valence-electron chi connectivity index (χ1n) is 4.53. The first-order valence-corrected chi connectivity index (χ1v) is 4.53. The summed E-state index contributed by atoms with van der Waals surface area (Å²) in [6.07, 6.45) is 7.63. The molecule has 0 saturated carbocycles. The van der Waals surface area contributed by atoms with Crippen molar-refractivity contribution >= 4 is 0 Å². The van der Waals surface area contributed by atoms with E-state index in [2.05, 4.69) is 24.5 Å². The quantitative estimate of drug-likeness (QED) is 0.550. The minimum Gasteiger partial charge on any atom is -0.390 e. The van der Waals surface area contributed by atoms with Crippen LogP contribution in [-0.4, -0.2) is 13.1 Å². The van der Waals surface area contributed by atoms with E-state index in [1.54, 1.807) is 0 Å². The molecule has 2 N–H and O–H groups in total. The molecular weight excluding hydrogens is 136 g/mol. The minimum atomic E-state index is 1.06. The maximum Gasteiger partial charge on any atom is 0.0141 e. The summed E-state index contributed by atoms with van der Waals surface area (Å²) in [6.45, 7) is 6.50. The minimum absolute atomic E-state index is 1.06. The van der Waals surface area contributed by atoms with Gasteiger partial charge in [0.2, 0.25) is 0 Å². The Hall–Kier alpha value is -0.660. The third kappa shape index (κ3) is 9.34. The second-order valence-electron chi connectivity index (χ2n) is 2.60. The van der Waals surface area contributed by atoms with Crippen LogP contribution in [0.2, 0.25) is 0 Å². The fraction of sp³-hybridized carbons (Fsp3) is 0.778. The largest absolute Gasteiger partial charge is 0.390 e. The molecule has 0 fully saturated rings. The molecule has 2 nitrogen and oxygen atoms in total. The van der Waals surface area contributed by atoms with Crippen molar-refractivity contribution in [3.8, 4) is 0 Å². The van der Waals surface area contributed by atoms with E-state index in [1.807, 2.05) is 12.4 Å². The van der Waals surface area contributed by atoms with Crippen molar-refractivity contribution in [1.29, 1.82) is 0 Å². The van der Waals surface area contributed by atoms with Crippen LogP contribution in [0.4, 0.5) is 0 Å². The van der Waals surface area contributed by atoms with Gasteiger partial charge in [-0.1, -0.05) is 20.3 Å². The summed E-state index contributed by atoms with van der Waals surface area (Å²) in [5, 5.41) is 6.37. The number of hydrogen-bond acceptors (Lipinski definition) is 2. The van der Waals surface area contributed by atoms with Crippen LogP contribution in [-0.2, 0) is 0 Å². The van der Waals surface area contributed by atoms with Gasteiger partial charge in [-0.15, -0.1) is 0 Å². The molecule has 0 bridgehead atoms. The van der Waals surface area contributed by atoms with Gasteiger partial charge in [-0.2, -0.15) is 0 Å². The fourth-order valence-corrected chi connectivity index (χ4v) is 0.708. The van der Waals surface area contributed by atoms with Gasteiger partial charge < -0.3 is 10.6 Å². The monoisotopic (exact) mass is 156 g/mol. The number of nitrogens with one attached hydrogen (secondary N) is 2. The van der Waals surface area contributed by atoms with E-state index in [1.165, 1.54) is 19.3 Å². The third-order valence-corrected chi connectivity index (χ3v) is 1.39. The van der Waals surface area contributed by atoms with E-state index < -0.39 is 0 Å². The van der Waals surface area contributed by atoms with E-state index in [0.29, 0.717) is 0 Å². The molecule has 0 heterocycles. The summed E-state index contributed by atoms with van der Waals surface area (Å²) in [5.74, 6) is 0. The summed E-state index contributed by atoms with van der Waals surface area (Å²) in [6, 6.07) is 0. The maximum atomic E-state index is 3.20. The first-order chi connectivity index (χ1) is 5.41. The zero-order valence-corrected chi connectivity index (χ0v) is 7.69. The standard InChI is InChI=1S/C9H20N2/c1-3-5-7-11-9-8-10-6-4-2/h8-11H,3-7H2,1-2H3/b9-8-. The average Bonchev–Trinajstić information content (AvgIpc) is 2.03. The predicted molar refractivity (Wildman–Crippen MR) is 50.3 cm³/mol. The zero-order chi connectivity index (χ0) is 8.36. The highest BCUT2D eigenvalue weighted by atomic mass is 14.9. The van der Waals surface area contributed by atoms with Crippen LogP contribution in [0, 0.1) is 0 Å². The number of hydrogen-bond donors (Lipinski definition) is 2. The summed E-state index contributed by atoms with van der Waals surface area (Å²) in [7, 11) is 0. The number of unbranched alkanes of at least 4 members (excludes halogenated alkanes) is 1. The van der Waals surface area contributed by atoms with Crippen LogP contribution in [0.1, 0.15) is 33.1 Å². The van der Waals surface area contributed by atoms with E-state index in [-0.39, 0.29) is 0 Å². The van der Waals surface area contributed by atoms with Crippen molar-refractivity contribution in [2.75, 3.05) is 13.1 Å². The van der Waals surface area contributed by atoms with Crippen molar-refractivity contribution in [2.24, 2.45) is 0 Å². The highest BCUT2D eigenvalue weighted by molar-refractivity contribution is 4.76. The molecule has 0 aromatic rings. The van der Waals surface area contributed by atoms with Crippen molar-refractivity contribution < 1.29 is 0 Å². The Labute approximate surface area is 70.1 Å². The molecule has 0 aliphatic rings. The van der Waals surface area contributed by atoms with Gasteiger partial charge in [0.05, 0.1) is 0 Å². The third-order valence-electron chi connectivity index (χ3n) is 1.39. The molecule has 0 atom stereocenters. The second kappa shape index (κ2) is 9.34. The number of rotatable bonds is 7. The molecule has 0 amide bonds. The van der Waals surface area contributed by atoms with Gasteiger partial charge in [0.25, 0.3) is 0 Å². The van der Waals surface area contributed by atoms with E-state index in [9.17, 15) is 0 Å². The Morgan fingerprint density at radius 1 is 0.909 bits per heavy atom. The van der Waals surface area contributed by atoms with Gasteiger partial charge in [0.1, 0.15) is 0 Å². The lowest BCUT2D eigenvalue weighted by Crippen LogP contribution is -2.10. The van der Waals surface area contributed by atoms with Gasteiger partial charge >= 0.3 is 0 Å². The van der Waals surface area contributed by atoms with Crippen molar-refractivity contribution in [1.82, 2.24) is 10.6 Å². The molecule has 0 aliphatic heterocycles. The lowest BCUT2D eigenvalue weighted by Gasteiger charge is -1.98. The molecule has 0 aromatic heterocycles. The van der Waals surface area contributed by atoms with Gasteiger partial charge in [-0.05, 0) is 12.8 Å². The second-order valence-corrected chi connectivity index (χ2v) is 2.60. The Balaban J connectivity index is 2.91. The summed E-state index contributed by atoms with van der Waals surface area (Å²) in [5.41, 5.74) is 0. The van der Waals surface area contributed by atoms with Crippen LogP contribution >= 0.6 is 0 Å². The van der Waals surface area contributed by atoms with Gasteiger partial charge in [0, 0.05) is 25.5 Å². The Morgan fingerprint density at radius 2 is 1.55 bits per heavy atom. The first kappa shape index (κ1) is 10.3. The summed E-state index contributed by atoms with van der Waals surface area (Å²) < 4.78 is 0. The summed E-state index contributed by atoms with van der Waals surface area (Å²) >= 11 is 0. The topological polar surface area (TPSA) is 24.1 Å². The normalized spacial score (nSPS) is 10.4. The Bertz CT molecular complexity index is 89.6. The fourth-order valence-electron chi connectivity index (χ4n) is 0.708. The van der Waals surface area contributed by atoms with Crippen molar-refractivity contribution in [3.05, 3.63) is 12.4 Å². The SMILES string of the molecule is CCCCN/C=C\NCCC. The zero-order valence-electron chi connectivity index (χ0n) is 7.69. The van der Waals surface area contributed by atoms with Gasteiger partial charge in [0.15, 0.2) is 0 Å². The van der Waals surface area contributed by atoms with Gasteiger partial charge in [-0.3, -0.25) is 0 Å². The van der Waals surface area contributed by atoms with Crippen molar-refractivity contribution in [2.45, 2.75) is 33.1 Å². The Kier molecular flexibility index (Phi) is 8.78. The smallest absolute Gasteiger partial charge is 0.0141 e. The molecule has 66 valence electrons. The van der Waals surface area contributed by atoms with Crippen LogP contribution < -0.4 is 10.6 Å². The molecule has 0 aliphatic carbocycles. The molecule has 2 heteroatoms. The predicted octanol–water partition coefficient (Wildman–Crippen LogP) is 1.85. The summed E-state index contributed by atoms with van der Waals surface area (Å²) in [4.78, 5) is 0. The molecule has 0 saturated heterocycles. The van der Waals surface area contributed by atoms with E-state index in [4.69, 9.17) is 0 Å². The van der Waals surface area contributed by atoms with Crippen molar-refractivity contribution in [3.63, 3.8) is 0 Å². The van der Waals surface area contributed by atoms with E-state index >= 15 is 0 Å². The lowest BCUT2D eigenvalue weighted by atomic mass is 10.3. The van der Waals surface area contributed by atoms with Crippen LogP contribution in [0.3, 0.4) is 0 Å². The van der Waals surface area contributed by atoms with Crippen LogP contribution in [0.15, 0.2) is 12.4 Å². The molecule has 0 spiro atoms. The molecular formula is C9H20N2. The lowest BCUT2D eigenvalue weighted by molar-refractivity contribution is 0.727. The van der Waals surface area contributed by atoms with E-state index in [0.717, 1.165) is 13.1 Å².